The van der Waals surface area contributed by atoms with Crippen LogP contribution < -0.4 is 4.90 Å². The summed E-state index contributed by atoms with van der Waals surface area (Å²) in [5.41, 5.74) is 1.95. The molecule has 0 saturated heterocycles. The van der Waals surface area contributed by atoms with Crippen LogP contribution in [0.25, 0.3) is 0 Å². The molecule has 2 aromatic rings. The molecule has 0 saturated carbocycles. The molecular weight excluding hydrogens is 333 g/mol. The predicted molar refractivity (Wildman–Crippen MR) is 96.1 cm³/mol. The van der Waals surface area contributed by atoms with Crippen LogP contribution in [0.4, 0.5) is 10.1 Å². The van der Waals surface area contributed by atoms with Gasteiger partial charge in [-0.3, -0.25) is 9.48 Å². The minimum absolute atomic E-state index is 0.0691. The van der Waals surface area contributed by atoms with E-state index in [2.05, 4.69) is 11.2 Å². The number of amides is 1. The monoisotopic (exact) mass is 353 g/mol. The molecule has 1 atom stereocenters. The molecule has 6 heteroatoms. The van der Waals surface area contributed by atoms with Crippen molar-refractivity contribution in [1.82, 2.24) is 9.78 Å². The molecule has 0 N–H and O–H groups in total. The standard InChI is InChI=1S/C20H20FN3O2/c1-14-12-23-19(20(25)24(14)17-9-7-15(21)8-10-17)11-16(22-23)13-26-18-5-3-2-4-6-18/h2-3,5,7-11,14H,4,6,12-13H2,1H3. The highest BCUT2D eigenvalue weighted by atomic mass is 19.1. The number of rotatable bonds is 4. The van der Waals surface area contributed by atoms with Crippen molar-refractivity contribution in [2.45, 2.75) is 39.0 Å². The average molecular weight is 353 g/mol. The van der Waals surface area contributed by atoms with Gasteiger partial charge in [-0.2, -0.15) is 5.10 Å². The van der Waals surface area contributed by atoms with E-state index in [1.54, 1.807) is 27.8 Å². The van der Waals surface area contributed by atoms with Gasteiger partial charge in [-0.25, -0.2) is 4.39 Å². The van der Waals surface area contributed by atoms with E-state index in [-0.39, 0.29) is 17.8 Å². The van der Waals surface area contributed by atoms with E-state index in [1.807, 2.05) is 19.1 Å². The molecule has 1 amide bonds. The Balaban J connectivity index is 1.54. The van der Waals surface area contributed by atoms with Crippen LogP contribution >= 0.6 is 0 Å². The molecule has 0 spiro atoms. The van der Waals surface area contributed by atoms with Crippen molar-refractivity contribution in [2.24, 2.45) is 0 Å². The Morgan fingerprint density at radius 3 is 2.85 bits per heavy atom. The lowest BCUT2D eigenvalue weighted by Gasteiger charge is -2.33. The summed E-state index contributed by atoms with van der Waals surface area (Å²) < 4.78 is 20.7. The quantitative estimate of drug-likeness (QED) is 0.839. The molecule has 0 bridgehead atoms. The van der Waals surface area contributed by atoms with Gasteiger partial charge in [-0.1, -0.05) is 12.2 Å². The number of ether oxygens (including phenoxy) is 1. The number of carbonyl (C=O) groups is 1. The van der Waals surface area contributed by atoms with Gasteiger partial charge in [0.2, 0.25) is 0 Å². The van der Waals surface area contributed by atoms with Gasteiger partial charge in [0.05, 0.1) is 18.3 Å². The minimum atomic E-state index is -0.317. The summed E-state index contributed by atoms with van der Waals surface area (Å²) in [5, 5.41) is 4.52. The van der Waals surface area contributed by atoms with Crippen molar-refractivity contribution in [1.29, 1.82) is 0 Å². The molecule has 1 aliphatic carbocycles. The topological polar surface area (TPSA) is 47.4 Å². The second-order valence-corrected chi connectivity index (χ2v) is 6.59. The Bertz CT molecular complexity index is 883. The van der Waals surface area contributed by atoms with Gasteiger partial charge in [0, 0.05) is 12.1 Å². The number of fused-ring (bicyclic) bond motifs is 1. The van der Waals surface area contributed by atoms with Crippen LogP contribution in [0.5, 0.6) is 0 Å². The van der Waals surface area contributed by atoms with Crippen molar-refractivity contribution in [3.8, 4) is 0 Å². The molecule has 0 fully saturated rings. The van der Waals surface area contributed by atoms with Crippen LogP contribution in [0.1, 0.15) is 35.9 Å². The molecule has 1 unspecified atom stereocenters. The van der Waals surface area contributed by atoms with Crippen molar-refractivity contribution in [3.05, 3.63) is 71.5 Å². The lowest BCUT2D eigenvalue weighted by Crippen LogP contribution is -2.46. The Kier molecular flexibility index (Phi) is 4.32. The molecule has 134 valence electrons. The largest absolute Gasteiger partial charge is 0.492 e. The van der Waals surface area contributed by atoms with Crippen molar-refractivity contribution >= 4 is 11.6 Å². The van der Waals surface area contributed by atoms with Crippen LogP contribution in [-0.2, 0) is 17.9 Å². The highest BCUT2D eigenvalue weighted by Crippen LogP contribution is 2.26. The molecular formula is C20H20FN3O2. The zero-order valence-corrected chi connectivity index (χ0v) is 14.6. The number of benzene rings is 1. The van der Waals surface area contributed by atoms with Gasteiger partial charge in [0.1, 0.15) is 23.8 Å². The molecule has 1 aliphatic heterocycles. The normalized spacial score (nSPS) is 19.3. The van der Waals surface area contributed by atoms with Gasteiger partial charge < -0.3 is 9.64 Å². The first-order chi connectivity index (χ1) is 12.6. The lowest BCUT2D eigenvalue weighted by molar-refractivity contribution is 0.0947. The first-order valence-electron chi connectivity index (χ1n) is 8.76. The highest BCUT2D eigenvalue weighted by Gasteiger charge is 2.32. The Labute approximate surface area is 151 Å². The summed E-state index contributed by atoms with van der Waals surface area (Å²) in [6.07, 6.45) is 7.92. The van der Waals surface area contributed by atoms with Crippen LogP contribution in [-0.4, -0.2) is 21.7 Å². The first kappa shape index (κ1) is 16.6. The summed E-state index contributed by atoms with van der Waals surface area (Å²) in [5.74, 6) is 0.488. The molecule has 1 aromatic heterocycles. The van der Waals surface area contributed by atoms with Crippen LogP contribution in [0.2, 0.25) is 0 Å². The fraction of sp³-hybridized carbons (Fsp3) is 0.300. The Morgan fingerprint density at radius 2 is 2.12 bits per heavy atom. The van der Waals surface area contributed by atoms with Gasteiger partial charge in [0.25, 0.3) is 5.91 Å². The number of nitrogens with zero attached hydrogens (tertiary/aromatic N) is 3. The molecule has 1 aromatic carbocycles. The number of anilines is 1. The van der Waals surface area contributed by atoms with E-state index in [9.17, 15) is 9.18 Å². The van der Waals surface area contributed by atoms with Crippen LogP contribution in [0, 0.1) is 5.82 Å². The molecule has 4 rings (SSSR count). The smallest absolute Gasteiger partial charge is 0.276 e. The highest BCUT2D eigenvalue weighted by molar-refractivity contribution is 6.06. The summed E-state index contributed by atoms with van der Waals surface area (Å²) in [4.78, 5) is 14.6. The Morgan fingerprint density at radius 1 is 1.31 bits per heavy atom. The molecule has 2 heterocycles. The fourth-order valence-electron chi connectivity index (χ4n) is 3.35. The number of aromatic nitrogens is 2. The number of hydrogen-bond acceptors (Lipinski definition) is 3. The van der Waals surface area contributed by atoms with E-state index in [4.69, 9.17) is 4.74 Å². The third-order valence-electron chi connectivity index (χ3n) is 4.63. The maximum Gasteiger partial charge on any atom is 0.276 e. The van der Waals surface area contributed by atoms with Gasteiger partial charge >= 0.3 is 0 Å². The predicted octanol–water partition coefficient (Wildman–Crippen LogP) is 3.82. The summed E-state index contributed by atoms with van der Waals surface area (Å²) in [7, 11) is 0. The van der Waals surface area contributed by atoms with E-state index in [0.717, 1.165) is 24.3 Å². The van der Waals surface area contributed by atoms with E-state index in [0.29, 0.717) is 24.5 Å². The van der Waals surface area contributed by atoms with Gasteiger partial charge in [0.15, 0.2) is 0 Å². The van der Waals surface area contributed by atoms with E-state index in [1.165, 1.54) is 12.1 Å². The van der Waals surface area contributed by atoms with Crippen LogP contribution in [0.15, 0.2) is 54.3 Å². The summed E-state index contributed by atoms with van der Waals surface area (Å²) in [6.45, 7) is 2.89. The fourth-order valence-corrected chi connectivity index (χ4v) is 3.35. The van der Waals surface area contributed by atoms with E-state index < -0.39 is 0 Å². The minimum Gasteiger partial charge on any atom is -0.492 e. The summed E-state index contributed by atoms with van der Waals surface area (Å²) >= 11 is 0. The van der Waals surface area contributed by atoms with Crippen LogP contribution in [0.3, 0.4) is 0 Å². The number of hydrogen-bond donors (Lipinski definition) is 0. The number of halogens is 1. The van der Waals surface area contributed by atoms with Crippen molar-refractivity contribution < 1.29 is 13.9 Å². The molecule has 0 radical (unpaired) electrons. The third-order valence-corrected chi connectivity index (χ3v) is 4.63. The zero-order valence-electron chi connectivity index (χ0n) is 14.6. The summed E-state index contributed by atoms with van der Waals surface area (Å²) in [6, 6.07) is 7.70. The first-order valence-corrected chi connectivity index (χ1v) is 8.76. The van der Waals surface area contributed by atoms with E-state index >= 15 is 0 Å². The zero-order chi connectivity index (χ0) is 18.1. The number of carbonyl (C=O) groups excluding carboxylic acids is 1. The van der Waals surface area contributed by atoms with Gasteiger partial charge in [-0.15, -0.1) is 0 Å². The third kappa shape index (κ3) is 3.14. The molecule has 5 nitrogen and oxygen atoms in total. The molecule has 2 aliphatic rings. The molecule has 26 heavy (non-hydrogen) atoms. The second kappa shape index (κ2) is 6.78. The Hall–Kier alpha value is -2.89. The number of allylic oxidation sites excluding steroid dienone is 4. The second-order valence-electron chi connectivity index (χ2n) is 6.59. The van der Waals surface area contributed by atoms with Crippen molar-refractivity contribution in [3.63, 3.8) is 0 Å². The maximum atomic E-state index is 13.2. The average Bonchev–Trinajstić information content (AvgIpc) is 3.05. The van der Waals surface area contributed by atoms with Gasteiger partial charge in [-0.05, 0) is 49.8 Å². The maximum absolute atomic E-state index is 13.2. The lowest BCUT2D eigenvalue weighted by atomic mass is 10.1. The SMILES string of the molecule is CC1Cn2nc(COC3=CC=CCC3)cc2C(=O)N1c1ccc(F)cc1. The van der Waals surface area contributed by atoms with Crippen molar-refractivity contribution in [2.75, 3.05) is 4.90 Å².